The maximum Gasteiger partial charge on any atom is 0.265 e. The molecule has 51 heavy (non-hydrogen) atoms. The number of halogens is 1. The molecule has 0 bridgehead atoms. The molecule has 1 atom stereocenters. The van der Waals surface area contributed by atoms with Crippen molar-refractivity contribution < 1.29 is 33.1 Å². The summed E-state index contributed by atoms with van der Waals surface area (Å²) in [5, 5.41) is 2.15. The van der Waals surface area contributed by atoms with Gasteiger partial charge in [0.05, 0.1) is 22.4 Å². The van der Waals surface area contributed by atoms with Gasteiger partial charge in [-0.05, 0) is 92.5 Å². The zero-order valence-corrected chi connectivity index (χ0v) is 27.8. The molecule has 0 aliphatic carbocycles. The van der Waals surface area contributed by atoms with Crippen LogP contribution in [0.15, 0.2) is 78.9 Å². The molecule has 1 aromatic heterocycles. The molecule has 5 amide bonds. The van der Waals surface area contributed by atoms with E-state index in [9.17, 15) is 24.0 Å². The summed E-state index contributed by atoms with van der Waals surface area (Å²) in [6.07, 6.45) is 1.52. The standard InChI is InChI=1S/C38H35FN6O6/c1-43(21-22-19-28-33(29(39)20-22)38(50)45(37(28)49)30-12-14-32(46)42-36(30)48)24-15-17-44(18-16-24)31-13-11-27(35(40)47)34(41-31)23-7-9-26(10-8-23)51-25-5-3-2-4-6-25/h2-11,13,19-20,24,30H,12,14-18,21H2,1H3,(H2,40,47)(H,42,46,48). The van der Waals surface area contributed by atoms with E-state index in [1.807, 2.05) is 61.6 Å². The average Bonchev–Trinajstić information content (AvgIpc) is 3.37. The van der Waals surface area contributed by atoms with Crippen LogP contribution in [-0.4, -0.2) is 76.5 Å². The van der Waals surface area contributed by atoms with Crippen LogP contribution < -0.4 is 20.7 Å². The molecule has 3 aromatic carbocycles. The highest BCUT2D eigenvalue weighted by molar-refractivity contribution is 6.23. The van der Waals surface area contributed by atoms with E-state index < -0.39 is 41.4 Å². The molecule has 3 aliphatic rings. The fraction of sp³-hybridized carbons (Fsp3) is 0.263. The topological polar surface area (TPSA) is 155 Å². The molecule has 7 rings (SSSR count). The van der Waals surface area contributed by atoms with Gasteiger partial charge in [-0.1, -0.05) is 18.2 Å². The molecule has 12 nitrogen and oxygen atoms in total. The number of fused-ring (bicyclic) bond motifs is 1. The molecule has 260 valence electrons. The van der Waals surface area contributed by atoms with Crippen LogP contribution in [0.2, 0.25) is 0 Å². The van der Waals surface area contributed by atoms with Gasteiger partial charge >= 0.3 is 0 Å². The maximum atomic E-state index is 15.3. The monoisotopic (exact) mass is 690 g/mol. The number of piperidine rings is 2. The molecule has 2 fully saturated rings. The molecule has 4 aromatic rings. The van der Waals surface area contributed by atoms with Gasteiger partial charge in [0, 0.05) is 37.7 Å². The Morgan fingerprint density at radius 1 is 0.941 bits per heavy atom. The fourth-order valence-electron chi connectivity index (χ4n) is 7.00. The normalized spacial score (nSPS) is 17.9. The number of ether oxygens (including phenoxy) is 1. The summed E-state index contributed by atoms with van der Waals surface area (Å²) in [7, 11) is 1.93. The molecular formula is C38H35FN6O6. The Hall–Kier alpha value is -5.95. The van der Waals surface area contributed by atoms with Crippen LogP contribution in [0.4, 0.5) is 10.2 Å². The van der Waals surface area contributed by atoms with Gasteiger partial charge in [-0.15, -0.1) is 0 Å². The van der Waals surface area contributed by atoms with E-state index in [1.165, 1.54) is 12.1 Å². The molecule has 0 radical (unpaired) electrons. The second kappa shape index (κ2) is 13.8. The van der Waals surface area contributed by atoms with Crippen molar-refractivity contribution in [3.63, 3.8) is 0 Å². The lowest BCUT2D eigenvalue weighted by Crippen LogP contribution is -2.54. The van der Waals surface area contributed by atoms with Crippen LogP contribution in [0.3, 0.4) is 0 Å². The summed E-state index contributed by atoms with van der Waals surface area (Å²) in [6.45, 7) is 1.68. The number of carbonyl (C=O) groups is 5. The SMILES string of the molecule is CN(Cc1cc(F)c2c(c1)C(=O)N(C1CCC(=O)NC1=O)C2=O)C1CCN(c2ccc(C(N)=O)c(-c3ccc(Oc4ccccc4)cc3)n2)CC1. The van der Waals surface area contributed by atoms with E-state index in [4.69, 9.17) is 15.5 Å². The number of carbonyl (C=O) groups excluding carboxylic acids is 5. The number of aromatic nitrogens is 1. The number of benzene rings is 3. The summed E-state index contributed by atoms with van der Waals surface area (Å²) >= 11 is 0. The summed E-state index contributed by atoms with van der Waals surface area (Å²) < 4.78 is 21.2. The third-order valence-corrected chi connectivity index (χ3v) is 9.65. The van der Waals surface area contributed by atoms with Crippen molar-refractivity contribution >= 4 is 35.4 Å². The third kappa shape index (κ3) is 6.67. The van der Waals surface area contributed by atoms with E-state index in [0.717, 1.165) is 23.3 Å². The highest BCUT2D eigenvalue weighted by Gasteiger charge is 2.46. The number of anilines is 1. The Morgan fingerprint density at radius 2 is 1.65 bits per heavy atom. The number of hydrogen-bond donors (Lipinski definition) is 2. The number of imide groups is 2. The number of primary amides is 1. The Bertz CT molecular complexity index is 2050. The molecular weight excluding hydrogens is 655 g/mol. The van der Waals surface area contributed by atoms with Crippen molar-refractivity contribution in [1.29, 1.82) is 0 Å². The van der Waals surface area contributed by atoms with Gasteiger partial charge in [-0.2, -0.15) is 0 Å². The Morgan fingerprint density at radius 3 is 2.33 bits per heavy atom. The van der Waals surface area contributed by atoms with E-state index >= 15 is 4.39 Å². The van der Waals surface area contributed by atoms with Crippen LogP contribution in [0.1, 0.15) is 62.3 Å². The molecule has 0 saturated carbocycles. The van der Waals surface area contributed by atoms with Gasteiger partial charge in [-0.25, -0.2) is 9.37 Å². The van der Waals surface area contributed by atoms with Gasteiger partial charge in [0.15, 0.2) is 0 Å². The molecule has 1 unspecified atom stereocenters. The lowest BCUT2D eigenvalue weighted by molar-refractivity contribution is -0.136. The Balaban J connectivity index is 1.01. The minimum atomic E-state index is -1.16. The number of hydrogen-bond acceptors (Lipinski definition) is 9. The second-order valence-corrected chi connectivity index (χ2v) is 13.0. The zero-order valence-electron chi connectivity index (χ0n) is 27.8. The number of nitrogens with one attached hydrogen (secondary N) is 1. The van der Waals surface area contributed by atoms with Gasteiger partial charge in [-0.3, -0.25) is 39.1 Å². The minimum absolute atomic E-state index is 0.00409. The van der Waals surface area contributed by atoms with E-state index in [1.54, 1.807) is 12.1 Å². The maximum absolute atomic E-state index is 15.3. The molecule has 2 saturated heterocycles. The van der Waals surface area contributed by atoms with Gasteiger partial charge < -0.3 is 15.4 Å². The first-order valence-corrected chi connectivity index (χ1v) is 16.7. The molecule has 3 aliphatic heterocycles. The van der Waals surface area contributed by atoms with Crippen molar-refractivity contribution in [3.05, 3.63) is 107 Å². The highest BCUT2D eigenvalue weighted by atomic mass is 19.1. The van der Waals surface area contributed by atoms with E-state index in [0.29, 0.717) is 53.8 Å². The number of rotatable bonds is 9. The summed E-state index contributed by atoms with van der Waals surface area (Å²) in [5.74, 6) is -2.17. The predicted octanol–water partition coefficient (Wildman–Crippen LogP) is 4.28. The number of nitrogens with zero attached hydrogens (tertiary/aromatic N) is 4. The highest BCUT2D eigenvalue weighted by Crippen LogP contribution is 2.33. The van der Waals surface area contributed by atoms with Gasteiger partial charge in [0.25, 0.3) is 17.7 Å². The average molecular weight is 691 g/mol. The first-order valence-electron chi connectivity index (χ1n) is 16.7. The molecule has 13 heteroatoms. The zero-order chi connectivity index (χ0) is 35.8. The molecule has 0 spiro atoms. The lowest BCUT2D eigenvalue weighted by Gasteiger charge is -2.37. The Kier molecular flexibility index (Phi) is 9.04. The third-order valence-electron chi connectivity index (χ3n) is 9.65. The van der Waals surface area contributed by atoms with Crippen LogP contribution >= 0.6 is 0 Å². The van der Waals surface area contributed by atoms with Crippen molar-refractivity contribution in [3.8, 4) is 22.8 Å². The van der Waals surface area contributed by atoms with Crippen molar-refractivity contribution in [2.24, 2.45) is 5.73 Å². The number of amides is 5. The van der Waals surface area contributed by atoms with Crippen LogP contribution in [-0.2, 0) is 16.1 Å². The Labute approximate surface area is 293 Å². The van der Waals surface area contributed by atoms with Gasteiger partial charge in [0.1, 0.15) is 29.2 Å². The summed E-state index contributed by atoms with van der Waals surface area (Å²) in [4.78, 5) is 72.5. The number of para-hydroxylation sites is 1. The quantitative estimate of drug-likeness (QED) is 0.245. The van der Waals surface area contributed by atoms with Crippen LogP contribution in [0, 0.1) is 5.82 Å². The fourth-order valence-corrected chi connectivity index (χ4v) is 7.00. The van der Waals surface area contributed by atoms with E-state index in [2.05, 4.69) is 15.1 Å². The molecule has 4 heterocycles. The smallest absolute Gasteiger partial charge is 0.265 e. The minimum Gasteiger partial charge on any atom is -0.457 e. The first-order chi connectivity index (χ1) is 24.6. The molecule has 3 N–H and O–H groups in total. The van der Waals surface area contributed by atoms with Crippen molar-refractivity contribution in [1.82, 2.24) is 20.1 Å². The van der Waals surface area contributed by atoms with Crippen LogP contribution in [0.25, 0.3) is 11.3 Å². The number of nitrogens with two attached hydrogens (primary N) is 1. The first kappa shape index (κ1) is 33.5. The summed E-state index contributed by atoms with van der Waals surface area (Å²) in [6, 6.07) is 22.0. The number of pyridine rings is 1. The van der Waals surface area contributed by atoms with Crippen molar-refractivity contribution in [2.45, 2.75) is 44.3 Å². The van der Waals surface area contributed by atoms with E-state index in [-0.39, 0.29) is 30.0 Å². The largest absolute Gasteiger partial charge is 0.457 e. The van der Waals surface area contributed by atoms with Crippen LogP contribution in [0.5, 0.6) is 11.5 Å². The second-order valence-electron chi connectivity index (χ2n) is 13.0. The predicted molar refractivity (Wildman–Crippen MR) is 184 cm³/mol. The summed E-state index contributed by atoms with van der Waals surface area (Å²) in [5.41, 5.74) is 7.33. The van der Waals surface area contributed by atoms with Gasteiger partial charge in [0.2, 0.25) is 11.8 Å². The van der Waals surface area contributed by atoms with Crippen molar-refractivity contribution in [2.75, 3.05) is 25.0 Å². The lowest BCUT2D eigenvalue weighted by atomic mass is 10.0.